The summed E-state index contributed by atoms with van der Waals surface area (Å²) in [7, 11) is 0. The van der Waals surface area contributed by atoms with E-state index >= 15 is 0 Å². The molecule has 0 aliphatic heterocycles. The summed E-state index contributed by atoms with van der Waals surface area (Å²) in [6, 6.07) is 22.1. The van der Waals surface area contributed by atoms with Gasteiger partial charge in [0.1, 0.15) is 18.2 Å². The highest BCUT2D eigenvalue weighted by Gasteiger charge is 2.10. The average Bonchev–Trinajstić information content (AvgIpc) is 3.28. The summed E-state index contributed by atoms with van der Waals surface area (Å²) < 4.78 is 21.6. The van der Waals surface area contributed by atoms with Crippen molar-refractivity contribution in [3.63, 3.8) is 0 Å². The van der Waals surface area contributed by atoms with Crippen LogP contribution in [0.5, 0.6) is 5.75 Å². The van der Waals surface area contributed by atoms with Gasteiger partial charge in [0.2, 0.25) is 5.16 Å². The van der Waals surface area contributed by atoms with Crippen LogP contribution in [0.15, 0.2) is 78.0 Å². The number of nitrogens with zero attached hydrogens (tertiary/aromatic N) is 4. The van der Waals surface area contributed by atoms with Crippen molar-refractivity contribution in [2.75, 3.05) is 12.3 Å². The number of nitrogens with one attached hydrogen (secondary N) is 1. The number of ether oxygens (including phenoxy) is 1. The molecule has 164 valence electrons. The second-order valence-electron chi connectivity index (χ2n) is 6.83. The second kappa shape index (κ2) is 11.1. The number of para-hydroxylation sites is 2. The summed E-state index contributed by atoms with van der Waals surface area (Å²) in [6.45, 7) is 1.44. The monoisotopic (exact) mass is 469 g/mol. The molecule has 9 heteroatoms. The van der Waals surface area contributed by atoms with E-state index in [9.17, 15) is 4.39 Å². The average molecular weight is 470 g/mol. The van der Waals surface area contributed by atoms with Crippen LogP contribution in [0.2, 0.25) is 5.02 Å². The number of benzene rings is 3. The van der Waals surface area contributed by atoms with E-state index in [1.807, 2.05) is 54.6 Å². The number of thioether (sulfide) groups is 1. The van der Waals surface area contributed by atoms with Gasteiger partial charge < -0.3 is 10.1 Å². The number of aromatic nitrogens is 4. The fraction of sp³-hybridized carbons (Fsp3) is 0.174. The molecule has 0 radical (unpaired) electrons. The van der Waals surface area contributed by atoms with Gasteiger partial charge in [-0.05, 0) is 40.8 Å². The SMILES string of the molecule is Fc1cccc(Cl)c1COc1ccccc1CNCCSc1nnnn1-c1ccccc1. The Labute approximate surface area is 194 Å². The van der Waals surface area contributed by atoms with Crippen molar-refractivity contribution in [2.45, 2.75) is 18.3 Å². The van der Waals surface area contributed by atoms with E-state index in [1.165, 1.54) is 6.07 Å². The van der Waals surface area contributed by atoms with Crippen LogP contribution in [-0.4, -0.2) is 32.5 Å². The van der Waals surface area contributed by atoms with Gasteiger partial charge in [-0.3, -0.25) is 0 Å². The smallest absolute Gasteiger partial charge is 0.214 e. The molecule has 4 rings (SSSR count). The fourth-order valence-corrected chi connectivity index (χ4v) is 4.05. The first kappa shape index (κ1) is 22.3. The lowest BCUT2D eigenvalue weighted by atomic mass is 10.2. The van der Waals surface area contributed by atoms with Gasteiger partial charge in [-0.25, -0.2) is 4.39 Å². The maximum atomic E-state index is 14.0. The lowest BCUT2D eigenvalue weighted by Gasteiger charge is -2.13. The summed E-state index contributed by atoms with van der Waals surface area (Å²) in [5, 5.41) is 16.5. The van der Waals surface area contributed by atoms with Crippen LogP contribution in [-0.2, 0) is 13.2 Å². The molecule has 32 heavy (non-hydrogen) atoms. The molecule has 0 saturated carbocycles. The third-order valence-electron chi connectivity index (χ3n) is 4.67. The van der Waals surface area contributed by atoms with E-state index in [0.29, 0.717) is 22.9 Å². The van der Waals surface area contributed by atoms with Gasteiger partial charge in [-0.15, -0.1) is 5.10 Å². The molecular formula is C23H21ClFN5OS. The summed E-state index contributed by atoms with van der Waals surface area (Å²) in [5.74, 6) is 1.11. The number of rotatable bonds is 10. The minimum Gasteiger partial charge on any atom is -0.488 e. The molecule has 4 aromatic rings. The Morgan fingerprint density at radius 3 is 2.66 bits per heavy atom. The summed E-state index contributed by atoms with van der Waals surface area (Å²) in [6.07, 6.45) is 0. The Balaban J connectivity index is 1.28. The summed E-state index contributed by atoms with van der Waals surface area (Å²) >= 11 is 7.67. The van der Waals surface area contributed by atoms with Crippen molar-refractivity contribution in [3.8, 4) is 11.4 Å². The minimum absolute atomic E-state index is 0.0700. The highest BCUT2D eigenvalue weighted by Crippen LogP contribution is 2.24. The molecule has 1 aromatic heterocycles. The second-order valence-corrected chi connectivity index (χ2v) is 8.30. The van der Waals surface area contributed by atoms with Crippen molar-refractivity contribution >= 4 is 23.4 Å². The lowest BCUT2D eigenvalue weighted by Crippen LogP contribution is -2.17. The molecule has 6 nitrogen and oxygen atoms in total. The first-order chi connectivity index (χ1) is 15.7. The molecule has 0 spiro atoms. The van der Waals surface area contributed by atoms with Crippen LogP contribution in [0.25, 0.3) is 5.69 Å². The number of hydrogen-bond donors (Lipinski definition) is 1. The van der Waals surface area contributed by atoms with Gasteiger partial charge in [0.05, 0.1) is 10.7 Å². The molecule has 3 aromatic carbocycles. The molecule has 0 saturated heterocycles. The van der Waals surface area contributed by atoms with E-state index in [4.69, 9.17) is 16.3 Å². The Morgan fingerprint density at radius 1 is 1.00 bits per heavy atom. The Bertz CT molecular complexity index is 1140. The van der Waals surface area contributed by atoms with Gasteiger partial charge in [0.25, 0.3) is 0 Å². The first-order valence-electron chi connectivity index (χ1n) is 10.0. The first-order valence-corrected chi connectivity index (χ1v) is 11.4. The van der Waals surface area contributed by atoms with Crippen LogP contribution in [0, 0.1) is 5.82 Å². The molecular weight excluding hydrogens is 449 g/mol. The molecule has 1 heterocycles. The van der Waals surface area contributed by atoms with Crippen molar-refractivity contribution in [2.24, 2.45) is 0 Å². The molecule has 0 fully saturated rings. The van der Waals surface area contributed by atoms with Gasteiger partial charge in [0.15, 0.2) is 0 Å². The highest BCUT2D eigenvalue weighted by molar-refractivity contribution is 7.99. The Hall–Kier alpha value is -2.94. The highest BCUT2D eigenvalue weighted by atomic mass is 35.5. The van der Waals surface area contributed by atoms with Crippen LogP contribution < -0.4 is 10.1 Å². The maximum Gasteiger partial charge on any atom is 0.214 e. The zero-order valence-electron chi connectivity index (χ0n) is 17.1. The van der Waals surface area contributed by atoms with Crippen LogP contribution in [0.3, 0.4) is 0 Å². The van der Waals surface area contributed by atoms with Crippen LogP contribution >= 0.6 is 23.4 Å². The Kier molecular flexibility index (Phi) is 7.71. The van der Waals surface area contributed by atoms with Crippen molar-refractivity contribution in [3.05, 3.63) is 94.8 Å². The molecule has 0 atom stereocenters. The summed E-state index contributed by atoms with van der Waals surface area (Å²) in [5.41, 5.74) is 2.26. The fourth-order valence-electron chi connectivity index (χ4n) is 3.05. The molecule has 0 aliphatic rings. The minimum atomic E-state index is -0.372. The van der Waals surface area contributed by atoms with E-state index in [0.717, 1.165) is 28.7 Å². The van der Waals surface area contributed by atoms with Gasteiger partial charge in [0, 0.05) is 30.0 Å². The van der Waals surface area contributed by atoms with E-state index in [-0.39, 0.29) is 12.4 Å². The maximum absolute atomic E-state index is 14.0. The number of tetrazole rings is 1. The normalized spacial score (nSPS) is 10.9. The largest absolute Gasteiger partial charge is 0.488 e. The predicted molar refractivity (Wildman–Crippen MR) is 124 cm³/mol. The predicted octanol–water partition coefficient (Wildman–Crippen LogP) is 4.92. The molecule has 0 bridgehead atoms. The third kappa shape index (κ3) is 5.64. The van der Waals surface area contributed by atoms with Crippen LogP contribution in [0.4, 0.5) is 4.39 Å². The van der Waals surface area contributed by atoms with Gasteiger partial charge in [-0.1, -0.05) is 65.8 Å². The molecule has 0 unspecified atom stereocenters. The van der Waals surface area contributed by atoms with Crippen LogP contribution in [0.1, 0.15) is 11.1 Å². The number of halogens is 2. The van der Waals surface area contributed by atoms with Gasteiger partial charge >= 0.3 is 0 Å². The molecule has 0 aliphatic carbocycles. The topological polar surface area (TPSA) is 64.9 Å². The number of hydrogen-bond acceptors (Lipinski definition) is 6. The van der Waals surface area contributed by atoms with Crippen molar-refractivity contribution < 1.29 is 9.13 Å². The quantitative estimate of drug-likeness (QED) is 0.263. The molecule has 0 amide bonds. The standard InChI is InChI=1S/C23H21ClFN5OS/c24-20-10-6-11-21(25)19(20)16-31-22-12-5-4-7-17(22)15-26-13-14-32-23-27-28-29-30(23)18-8-2-1-3-9-18/h1-12,26H,13-16H2. The Morgan fingerprint density at radius 2 is 1.81 bits per heavy atom. The van der Waals surface area contributed by atoms with Gasteiger partial charge in [-0.2, -0.15) is 4.68 Å². The summed E-state index contributed by atoms with van der Waals surface area (Å²) in [4.78, 5) is 0. The van der Waals surface area contributed by atoms with E-state index in [1.54, 1.807) is 28.6 Å². The zero-order chi connectivity index (χ0) is 22.2. The van der Waals surface area contributed by atoms with Crippen molar-refractivity contribution in [1.82, 2.24) is 25.5 Å². The molecule has 1 N–H and O–H groups in total. The van der Waals surface area contributed by atoms with Crippen molar-refractivity contribution in [1.29, 1.82) is 0 Å². The van der Waals surface area contributed by atoms with E-state index < -0.39 is 0 Å². The lowest BCUT2D eigenvalue weighted by molar-refractivity contribution is 0.296. The van der Waals surface area contributed by atoms with E-state index in [2.05, 4.69) is 20.8 Å². The zero-order valence-corrected chi connectivity index (χ0v) is 18.7. The third-order valence-corrected chi connectivity index (χ3v) is 5.95.